The summed E-state index contributed by atoms with van der Waals surface area (Å²) in [5.41, 5.74) is 0.455. The second-order valence-electron chi connectivity index (χ2n) is 2.69. The van der Waals surface area contributed by atoms with Gasteiger partial charge in [-0.3, -0.25) is 4.79 Å². The first-order chi connectivity index (χ1) is 6.00. The van der Waals surface area contributed by atoms with Crippen molar-refractivity contribution in [3.05, 3.63) is 31.8 Å². The van der Waals surface area contributed by atoms with E-state index in [9.17, 15) is 13.6 Å². The molecule has 0 aliphatic rings. The summed E-state index contributed by atoms with van der Waals surface area (Å²) in [6.07, 6.45) is -1.03. The van der Waals surface area contributed by atoms with Crippen LogP contribution in [-0.2, 0) is 6.54 Å². The van der Waals surface area contributed by atoms with Crippen LogP contribution in [0.1, 0.15) is 5.56 Å². The minimum absolute atomic E-state index is 0.379. The molecule has 0 fully saturated rings. The molecule has 13 heavy (non-hydrogen) atoms. The molecule has 0 bridgehead atoms. The zero-order valence-electron chi connectivity index (χ0n) is 6.93. The minimum atomic E-state index is -2.49. The topological polar surface area (TPSA) is 22.0 Å². The van der Waals surface area contributed by atoms with E-state index in [4.69, 9.17) is 0 Å². The molecule has 0 aromatic carbocycles. The fourth-order valence-corrected chi connectivity index (χ4v) is 1.36. The van der Waals surface area contributed by atoms with Gasteiger partial charge in [-0.15, -0.1) is 0 Å². The van der Waals surface area contributed by atoms with Gasteiger partial charge in [0.05, 0.1) is 6.54 Å². The van der Waals surface area contributed by atoms with Crippen molar-refractivity contribution in [2.75, 3.05) is 0 Å². The van der Waals surface area contributed by atoms with Crippen LogP contribution >= 0.6 is 22.6 Å². The Morgan fingerprint density at radius 3 is 2.77 bits per heavy atom. The Morgan fingerprint density at radius 1 is 1.62 bits per heavy atom. The molecule has 0 amide bonds. The largest absolute Gasteiger partial charge is 0.309 e. The Kier molecular flexibility index (Phi) is 3.40. The predicted octanol–water partition coefficient (Wildman–Crippen LogP) is 2.03. The molecule has 0 atom stereocenters. The normalized spacial score (nSPS) is 10.8. The first kappa shape index (κ1) is 10.6. The molecule has 1 heterocycles. The molecule has 72 valence electrons. The molecule has 0 saturated carbocycles. The zero-order valence-corrected chi connectivity index (χ0v) is 9.09. The highest BCUT2D eigenvalue weighted by Crippen LogP contribution is 2.07. The highest BCUT2D eigenvalue weighted by Gasteiger charge is 2.06. The lowest BCUT2D eigenvalue weighted by molar-refractivity contribution is 0.125. The van der Waals surface area contributed by atoms with Crippen LogP contribution in [0.3, 0.4) is 0 Å². The summed E-state index contributed by atoms with van der Waals surface area (Å²) >= 11 is 2.00. The lowest BCUT2D eigenvalue weighted by Crippen LogP contribution is -2.23. The average molecular weight is 299 g/mol. The fourth-order valence-electron chi connectivity index (χ4n) is 0.956. The zero-order chi connectivity index (χ0) is 10.0. The number of alkyl halides is 2. The van der Waals surface area contributed by atoms with Gasteiger partial charge < -0.3 is 4.57 Å². The van der Waals surface area contributed by atoms with Gasteiger partial charge in [-0.1, -0.05) is 0 Å². The number of pyridine rings is 1. The van der Waals surface area contributed by atoms with Gasteiger partial charge in [0.1, 0.15) is 0 Å². The molecule has 1 aromatic heterocycles. The van der Waals surface area contributed by atoms with Crippen LogP contribution in [0, 0.1) is 10.5 Å². The second-order valence-corrected chi connectivity index (χ2v) is 3.85. The molecule has 0 saturated heterocycles. The Balaban J connectivity index is 3.09. The number of hydrogen-bond acceptors (Lipinski definition) is 1. The standard InChI is InChI=1S/C8H8F2INO/c1-5-3-12(4-7(9)10)8(13)2-6(5)11/h2-3,7H,4H2,1H3. The smallest absolute Gasteiger partial charge is 0.256 e. The highest BCUT2D eigenvalue weighted by molar-refractivity contribution is 14.1. The van der Waals surface area contributed by atoms with Gasteiger partial charge in [0.25, 0.3) is 12.0 Å². The third-order valence-electron chi connectivity index (χ3n) is 1.59. The molecule has 0 N–H and O–H groups in total. The van der Waals surface area contributed by atoms with Crippen molar-refractivity contribution in [3.63, 3.8) is 0 Å². The predicted molar refractivity (Wildman–Crippen MR) is 54.2 cm³/mol. The monoisotopic (exact) mass is 299 g/mol. The van der Waals surface area contributed by atoms with E-state index in [1.807, 2.05) is 22.6 Å². The van der Waals surface area contributed by atoms with Crippen molar-refractivity contribution in [1.29, 1.82) is 0 Å². The van der Waals surface area contributed by atoms with E-state index >= 15 is 0 Å². The summed E-state index contributed by atoms with van der Waals surface area (Å²) in [5, 5.41) is 0. The Bertz CT molecular complexity index is 362. The highest BCUT2D eigenvalue weighted by atomic mass is 127. The Hall–Kier alpha value is -0.460. The van der Waals surface area contributed by atoms with E-state index in [0.717, 1.165) is 13.7 Å². The van der Waals surface area contributed by atoms with Crippen molar-refractivity contribution in [3.8, 4) is 0 Å². The number of aromatic nitrogens is 1. The van der Waals surface area contributed by atoms with Crippen LogP contribution in [0.2, 0.25) is 0 Å². The van der Waals surface area contributed by atoms with Gasteiger partial charge in [0, 0.05) is 15.8 Å². The van der Waals surface area contributed by atoms with Crippen LogP contribution in [0.5, 0.6) is 0 Å². The summed E-state index contributed by atoms with van der Waals surface area (Å²) in [6.45, 7) is 1.25. The van der Waals surface area contributed by atoms with E-state index < -0.39 is 13.0 Å². The van der Waals surface area contributed by atoms with Gasteiger partial charge in [-0.05, 0) is 35.1 Å². The molecule has 0 radical (unpaired) electrons. The quantitative estimate of drug-likeness (QED) is 0.766. The summed E-state index contributed by atoms with van der Waals surface area (Å²) in [6, 6.07) is 1.36. The molecule has 5 heteroatoms. The first-order valence-electron chi connectivity index (χ1n) is 3.65. The summed E-state index contributed by atoms with van der Waals surface area (Å²) < 4.78 is 25.8. The van der Waals surface area contributed by atoms with Crippen LogP contribution < -0.4 is 5.56 Å². The van der Waals surface area contributed by atoms with Crippen LogP contribution in [0.4, 0.5) is 8.78 Å². The van der Waals surface area contributed by atoms with E-state index in [1.165, 1.54) is 12.3 Å². The molecule has 2 nitrogen and oxygen atoms in total. The molecule has 1 rings (SSSR count). The maximum atomic E-state index is 12.0. The number of hydrogen-bond donors (Lipinski definition) is 0. The third-order valence-corrected chi connectivity index (χ3v) is 2.76. The minimum Gasteiger partial charge on any atom is -0.309 e. The number of rotatable bonds is 2. The van der Waals surface area contributed by atoms with E-state index in [-0.39, 0.29) is 5.56 Å². The molecular weight excluding hydrogens is 291 g/mol. The van der Waals surface area contributed by atoms with Crippen molar-refractivity contribution in [2.24, 2.45) is 0 Å². The SMILES string of the molecule is Cc1cn(CC(F)F)c(=O)cc1I. The Labute approximate surface area is 87.7 Å². The maximum Gasteiger partial charge on any atom is 0.256 e. The van der Waals surface area contributed by atoms with Crippen LogP contribution in [0.15, 0.2) is 17.1 Å². The van der Waals surface area contributed by atoms with Crippen molar-refractivity contribution >= 4 is 22.6 Å². The van der Waals surface area contributed by atoms with E-state index in [2.05, 4.69) is 0 Å². The molecule has 0 aliphatic heterocycles. The van der Waals surface area contributed by atoms with Gasteiger partial charge in [-0.2, -0.15) is 0 Å². The van der Waals surface area contributed by atoms with Gasteiger partial charge in [0.2, 0.25) is 0 Å². The lowest BCUT2D eigenvalue weighted by Gasteiger charge is -2.06. The maximum absolute atomic E-state index is 12.0. The Morgan fingerprint density at radius 2 is 2.23 bits per heavy atom. The van der Waals surface area contributed by atoms with Crippen molar-refractivity contribution in [2.45, 2.75) is 19.9 Å². The fraction of sp³-hybridized carbons (Fsp3) is 0.375. The van der Waals surface area contributed by atoms with Crippen molar-refractivity contribution in [1.82, 2.24) is 4.57 Å². The average Bonchev–Trinajstić information content (AvgIpc) is 1.99. The summed E-state index contributed by atoms with van der Waals surface area (Å²) in [7, 11) is 0. The third kappa shape index (κ3) is 2.75. The molecule has 0 aliphatic carbocycles. The van der Waals surface area contributed by atoms with Crippen LogP contribution in [-0.4, -0.2) is 11.0 Å². The summed E-state index contributed by atoms with van der Waals surface area (Å²) in [4.78, 5) is 11.2. The number of nitrogens with zero attached hydrogens (tertiary/aromatic N) is 1. The molecule has 0 spiro atoms. The summed E-state index contributed by atoms with van der Waals surface area (Å²) in [5.74, 6) is 0. The molecule has 1 aromatic rings. The van der Waals surface area contributed by atoms with E-state index in [1.54, 1.807) is 6.92 Å². The molecular formula is C8H8F2INO. The molecule has 0 unspecified atom stereocenters. The van der Waals surface area contributed by atoms with Gasteiger partial charge in [0.15, 0.2) is 0 Å². The van der Waals surface area contributed by atoms with Gasteiger partial charge >= 0.3 is 0 Å². The lowest BCUT2D eigenvalue weighted by atomic mass is 10.3. The van der Waals surface area contributed by atoms with Gasteiger partial charge in [-0.25, -0.2) is 8.78 Å². The first-order valence-corrected chi connectivity index (χ1v) is 4.73. The van der Waals surface area contributed by atoms with Crippen LogP contribution in [0.25, 0.3) is 0 Å². The number of aryl methyl sites for hydroxylation is 1. The van der Waals surface area contributed by atoms with Crippen molar-refractivity contribution < 1.29 is 8.78 Å². The second kappa shape index (κ2) is 4.17. The van der Waals surface area contributed by atoms with E-state index in [0.29, 0.717) is 0 Å². The number of halogens is 3.